The lowest BCUT2D eigenvalue weighted by molar-refractivity contribution is 0.192. The Morgan fingerprint density at radius 2 is 2.06 bits per heavy atom. The zero-order valence-electron chi connectivity index (χ0n) is 10.4. The first kappa shape index (κ1) is 13.0. The van der Waals surface area contributed by atoms with E-state index >= 15 is 0 Å². The van der Waals surface area contributed by atoms with E-state index in [1.54, 1.807) is 7.11 Å². The Bertz CT molecular complexity index is 315. The highest BCUT2D eigenvalue weighted by molar-refractivity contribution is 5.49. The maximum atomic E-state index is 5.01. The third kappa shape index (κ3) is 5.72. The molecule has 0 aliphatic heterocycles. The maximum absolute atomic E-state index is 5.01. The molecule has 0 aliphatic rings. The summed E-state index contributed by atoms with van der Waals surface area (Å²) in [5, 5.41) is 0. The Morgan fingerprint density at radius 1 is 1.19 bits per heavy atom. The van der Waals surface area contributed by atoms with Crippen molar-refractivity contribution in [2.75, 3.05) is 13.7 Å². The summed E-state index contributed by atoms with van der Waals surface area (Å²) in [6, 6.07) is 8.59. The van der Waals surface area contributed by atoms with Gasteiger partial charge in [0.1, 0.15) is 0 Å². The highest BCUT2D eigenvalue weighted by Crippen LogP contribution is 2.08. The van der Waals surface area contributed by atoms with Crippen LogP contribution in [-0.4, -0.2) is 13.7 Å². The van der Waals surface area contributed by atoms with Crippen molar-refractivity contribution in [3.8, 4) is 0 Å². The largest absolute Gasteiger partial charge is 0.385 e. The van der Waals surface area contributed by atoms with Crippen molar-refractivity contribution in [1.29, 1.82) is 0 Å². The average Bonchev–Trinajstić information content (AvgIpc) is 2.28. The molecule has 0 amide bonds. The van der Waals surface area contributed by atoms with Gasteiger partial charge < -0.3 is 4.74 Å². The van der Waals surface area contributed by atoms with Crippen molar-refractivity contribution in [3.05, 3.63) is 41.5 Å². The molecule has 0 heterocycles. The van der Waals surface area contributed by atoms with E-state index in [9.17, 15) is 0 Å². The summed E-state index contributed by atoms with van der Waals surface area (Å²) in [6.07, 6.45) is 9.33. The molecule has 1 nitrogen and oxygen atoms in total. The van der Waals surface area contributed by atoms with Gasteiger partial charge in [0.2, 0.25) is 0 Å². The zero-order chi connectivity index (χ0) is 11.6. The number of methoxy groups -OCH3 is 1. The van der Waals surface area contributed by atoms with Gasteiger partial charge in [0.05, 0.1) is 0 Å². The first-order chi connectivity index (χ1) is 7.83. The summed E-state index contributed by atoms with van der Waals surface area (Å²) in [6.45, 7) is 3.02. The average molecular weight is 218 g/mol. The molecule has 0 aliphatic carbocycles. The summed E-state index contributed by atoms with van der Waals surface area (Å²) in [4.78, 5) is 0. The van der Waals surface area contributed by atoms with Crippen LogP contribution >= 0.6 is 0 Å². The summed E-state index contributed by atoms with van der Waals surface area (Å²) < 4.78 is 5.01. The highest BCUT2D eigenvalue weighted by atomic mass is 16.5. The molecule has 0 saturated carbocycles. The number of hydrogen-bond acceptors (Lipinski definition) is 1. The van der Waals surface area contributed by atoms with Gasteiger partial charge >= 0.3 is 0 Å². The quantitative estimate of drug-likeness (QED) is 0.623. The molecule has 0 saturated heterocycles. The van der Waals surface area contributed by atoms with Crippen LogP contribution in [0.25, 0.3) is 6.08 Å². The Morgan fingerprint density at radius 3 is 2.81 bits per heavy atom. The molecule has 0 atom stereocenters. The Labute approximate surface area is 99.1 Å². The van der Waals surface area contributed by atoms with Gasteiger partial charge in [-0.15, -0.1) is 0 Å². The lowest BCUT2D eigenvalue weighted by Crippen LogP contribution is -1.87. The summed E-state index contributed by atoms with van der Waals surface area (Å²) in [7, 11) is 1.76. The Balaban J connectivity index is 2.17. The molecule has 0 N–H and O–H groups in total. The Kier molecular flexibility index (Phi) is 6.59. The van der Waals surface area contributed by atoms with Gasteiger partial charge in [-0.05, 0) is 31.7 Å². The molecular formula is C15H22O. The van der Waals surface area contributed by atoms with Crippen molar-refractivity contribution in [3.63, 3.8) is 0 Å². The molecule has 0 aromatic heterocycles. The predicted molar refractivity (Wildman–Crippen MR) is 70.6 cm³/mol. The minimum absolute atomic E-state index is 0.890. The minimum Gasteiger partial charge on any atom is -0.385 e. The van der Waals surface area contributed by atoms with Gasteiger partial charge in [-0.3, -0.25) is 0 Å². The smallest absolute Gasteiger partial charge is 0.0462 e. The first-order valence-electron chi connectivity index (χ1n) is 6.05. The van der Waals surface area contributed by atoms with E-state index in [1.165, 1.54) is 30.4 Å². The molecule has 0 spiro atoms. The van der Waals surface area contributed by atoms with Crippen LogP contribution in [0.5, 0.6) is 0 Å². The topological polar surface area (TPSA) is 9.23 Å². The van der Waals surface area contributed by atoms with Crippen molar-refractivity contribution in [1.82, 2.24) is 0 Å². The summed E-state index contributed by atoms with van der Waals surface area (Å²) in [5.41, 5.74) is 2.62. The van der Waals surface area contributed by atoms with Crippen molar-refractivity contribution in [2.24, 2.45) is 0 Å². The van der Waals surface area contributed by atoms with E-state index in [1.807, 2.05) is 0 Å². The number of ether oxygens (including phenoxy) is 1. The van der Waals surface area contributed by atoms with Crippen LogP contribution in [0.1, 0.15) is 36.8 Å². The fourth-order valence-electron chi connectivity index (χ4n) is 1.68. The van der Waals surface area contributed by atoms with Gasteiger partial charge in [-0.25, -0.2) is 0 Å². The van der Waals surface area contributed by atoms with Crippen molar-refractivity contribution in [2.45, 2.75) is 32.6 Å². The van der Waals surface area contributed by atoms with Crippen LogP contribution in [0.4, 0.5) is 0 Å². The molecule has 1 aromatic rings. The van der Waals surface area contributed by atoms with Crippen LogP contribution in [-0.2, 0) is 4.74 Å². The van der Waals surface area contributed by atoms with Crippen LogP contribution in [0.3, 0.4) is 0 Å². The zero-order valence-corrected chi connectivity index (χ0v) is 10.4. The van der Waals surface area contributed by atoms with Crippen LogP contribution in [0.2, 0.25) is 0 Å². The van der Waals surface area contributed by atoms with Gasteiger partial charge in [0, 0.05) is 13.7 Å². The second-order valence-corrected chi connectivity index (χ2v) is 4.16. The van der Waals surface area contributed by atoms with Gasteiger partial charge in [0.25, 0.3) is 0 Å². The lowest BCUT2D eigenvalue weighted by Gasteiger charge is -1.98. The SMILES string of the molecule is COCCCCC/C=C/c1cccc(C)c1. The monoisotopic (exact) mass is 218 g/mol. The number of aryl methyl sites for hydroxylation is 1. The van der Waals surface area contributed by atoms with Crippen LogP contribution < -0.4 is 0 Å². The van der Waals surface area contributed by atoms with Gasteiger partial charge in [-0.1, -0.05) is 48.4 Å². The molecule has 0 fully saturated rings. The fourth-order valence-corrected chi connectivity index (χ4v) is 1.68. The number of allylic oxidation sites excluding steroid dienone is 1. The number of unbranched alkanes of at least 4 members (excludes halogenated alkanes) is 3. The molecule has 1 heteroatoms. The number of hydrogen-bond donors (Lipinski definition) is 0. The third-order valence-electron chi connectivity index (χ3n) is 2.57. The highest BCUT2D eigenvalue weighted by Gasteiger charge is 1.88. The first-order valence-corrected chi connectivity index (χ1v) is 6.05. The normalized spacial score (nSPS) is 11.1. The Hall–Kier alpha value is -1.08. The van der Waals surface area contributed by atoms with Gasteiger partial charge in [-0.2, -0.15) is 0 Å². The summed E-state index contributed by atoms with van der Waals surface area (Å²) in [5.74, 6) is 0. The van der Waals surface area contributed by atoms with E-state index in [2.05, 4.69) is 43.3 Å². The third-order valence-corrected chi connectivity index (χ3v) is 2.57. The predicted octanol–water partition coefficient (Wildman–Crippen LogP) is 4.22. The van der Waals surface area contributed by atoms with Gasteiger partial charge in [0.15, 0.2) is 0 Å². The lowest BCUT2D eigenvalue weighted by atomic mass is 10.1. The second kappa shape index (κ2) is 8.12. The maximum Gasteiger partial charge on any atom is 0.0462 e. The van der Waals surface area contributed by atoms with Crippen molar-refractivity contribution >= 4 is 6.08 Å². The summed E-state index contributed by atoms with van der Waals surface area (Å²) >= 11 is 0. The fraction of sp³-hybridized carbons (Fsp3) is 0.467. The van der Waals surface area contributed by atoms with Crippen LogP contribution in [0, 0.1) is 6.92 Å². The van der Waals surface area contributed by atoms with Crippen molar-refractivity contribution < 1.29 is 4.74 Å². The van der Waals surface area contributed by atoms with E-state index in [0.29, 0.717) is 0 Å². The standard InChI is InChI=1S/C15H22O/c1-14-9-8-11-15(13-14)10-6-4-3-5-7-12-16-2/h6,8-11,13H,3-5,7,12H2,1-2H3/b10-6+. The number of rotatable bonds is 7. The van der Waals surface area contributed by atoms with Crippen LogP contribution in [0.15, 0.2) is 30.3 Å². The van der Waals surface area contributed by atoms with E-state index in [0.717, 1.165) is 13.0 Å². The number of benzene rings is 1. The molecule has 0 radical (unpaired) electrons. The molecule has 16 heavy (non-hydrogen) atoms. The molecule has 88 valence electrons. The molecule has 0 bridgehead atoms. The second-order valence-electron chi connectivity index (χ2n) is 4.16. The van der Waals surface area contributed by atoms with E-state index in [-0.39, 0.29) is 0 Å². The molecule has 1 rings (SSSR count). The molecule has 0 unspecified atom stereocenters. The van der Waals surface area contributed by atoms with E-state index < -0.39 is 0 Å². The minimum atomic E-state index is 0.890. The molecular weight excluding hydrogens is 196 g/mol. The molecule has 1 aromatic carbocycles. The van der Waals surface area contributed by atoms with E-state index in [4.69, 9.17) is 4.74 Å².